The van der Waals surface area contributed by atoms with E-state index in [9.17, 15) is 9.90 Å². The first-order valence-corrected chi connectivity index (χ1v) is 17.2. The number of anilines is 2. The van der Waals surface area contributed by atoms with Gasteiger partial charge < -0.3 is 14.4 Å². The molecular weight excluding hydrogens is 594 g/mol. The number of carboxylic acid groups (broad SMARTS) is 1. The molecule has 1 saturated heterocycles. The van der Waals surface area contributed by atoms with E-state index in [-0.39, 0.29) is 5.92 Å². The van der Waals surface area contributed by atoms with Crippen molar-refractivity contribution in [2.24, 2.45) is 5.92 Å². The third-order valence-corrected chi connectivity index (χ3v) is 10.7. The lowest BCUT2D eigenvalue weighted by molar-refractivity contribution is -0.143. The monoisotopic (exact) mass is 632 g/mol. The van der Waals surface area contributed by atoms with Crippen LogP contribution in [0.15, 0.2) is 114 Å². The van der Waals surface area contributed by atoms with Gasteiger partial charge in [0, 0.05) is 71.2 Å². The van der Waals surface area contributed by atoms with E-state index in [1.54, 1.807) is 0 Å². The van der Waals surface area contributed by atoms with Gasteiger partial charge >= 0.3 is 5.97 Å². The number of carboxylic acids is 1. The van der Waals surface area contributed by atoms with Crippen molar-refractivity contribution in [1.82, 2.24) is 9.48 Å². The zero-order chi connectivity index (χ0) is 32.2. The first-order valence-electron chi connectivity index (χ1n) is 17.2. The SMILES string of the molecule is O=C(O)C1CCN(Cc2ccccc2-c2c3ccc(=[N+]4CCc5ccccc54)cc-3oc3cc(N4CCc5ccccc54)ccc23)CC1. The quantitative estimate of drug-likeness (QED) is 0.155. The van der Waals surface area contributed by atoms with Crippen LogP contribution in [0.3, 0.4) is 0 Å². The van der Waals surface area contributed by atoms with Crippen LogP contribution in [0.4, 0.5) is 17.1 Å². The van der Waals surface area contributed by atoms with E-state index >= 15 is 0 Å². The van der Waals surface area contributed by atoms with Gasteiger partial charge in [0.2, 0.25) is 11.0 Å². The molecule has 0 atom stereocenters. The van der Waals surface area contributed by atoms with E-state index < -0.39 is 5.97 Å². The third kappa shape index (κ3) is 4.99. The van der Waals surface area contributed by atoms with Gasteiger partial charge in [-0.15, -0.1) is 0 Å². The van der Waals surface area contributed by atoms with Crippen molar-refractivity contribution in [3.63, 3.8) is 0 Å². The molecule has 4 aliphatic heterocycles. The Hall–Kier alpha value is -5.20. The summed E-state index contributed by atoms with van der Waals surface area (Å²) >= 11 is 0. The van der Waals surface area contributed by atoms with Crippen LogP contribution in [-0.4, -0.2) is 42.2 Å². The van der Waals surface area contributed by atoms with Crippen molar-refractivity contribution in [3.8, 4) is 22.5 Å². The van der Waals surface area contributed by atoms with Gasteiger partial charge in [-0.05, 0) is 73.3 Å². The van der Waals surface area contributed by atoms with Crippen LogP contribution >= 0.6 is 0 Å². The number of fused-ring (bicyclic) bond motifs is 4. The Kier molecular flexibility index (Phi) is 7.12. The van der Waals surface area contributed by atoms with Gasteiger partial charge in [0.05, 0.1) is 12.0 Å². The fourth-order valence-corrected chi connectivity index (χ4v) is 8.19. The fraction of sp³-hybridized carbons (Fsp3) is 0.238. The van der Waals surface area contributed by atoms with Gasteiger partial charge in [0.1, 0.15) is 11.3 Å². The summed E-state index contributed by atoms with van der Waals surface area (Å²) in [6, 6.07) is 39.5. The van der Waals surface area contributed by atoms with Crippen molar-refractivity contribution in [2.45, 2.75) is 32.2 Å². The van der Waals surface area contributed by atoms with Crippen LogP contribution < -0.4 is 14.8 Å². The Balaban J connectivity index is 1.21. The summed E-state index contributed by atoms with van der Waals surface area (Å²) in [7, 11) is 0. The molecule has 48 heavy (non-hydrogen) atoms. The standard InChI is InChI=1S/C42H37N3O3/c46-42(47)30-17-21-43(22-18-30)27-31-9-1-4-10-34(31)41-35-15-13-32(44-23-19-28-7-2-5-11-37(28)44)25-39(35)48-40-26-33(14-16-36(40)41)45-24-20-29-8-3-6-12-38(29)45/h1-16,25-26,30H,17-24,27H2/p+1. The van der Waals surface area contributed by atoms with E-state index in [4.69, 9.17) is 4.42 Å². The topological polar surface area (TPSA) is 59.9 Å². The Bertz CT molecular complexity index is 2240. The Morgan fingerprint density at radius 1 is 0.792 bits per heavy atom. The molecule has 0 amide bonds. The maximum Gasteiger partial charge on any atom is 0.306 e. The second-order valence-electron chi connectivity index (χ2n) is 13.4. The molecule has 5 aliphatic rings. The van der Waals surface area contributed by atoms with Crippen LogP contribution in [0.5, 0.6) is 0 Å². The molecule has 0 bridgehead atoms. The lowest BCUT2D eigenvalue weighted by atomic mass is 9.90. The molecule has 9 rings (SSSR count). The molecule has 4 heterocycles. The van der Waals surface area contributed by atoms with Crippen LogP contribution in [0, 0.1) is 5.92 Å². The highest BCUT2D eigenvalue weighted by molar-refractivity contribution is 6.03. The largest absolute Gasteiger partial charge is 0.481 e. The number of piperidine rings is 1. The van der Waals surface area contributed by atoms with Crippen molar-refractivity contribution < 1.29 is 14.3 Å². The molecule has 4 aromatic rings. The summed E-state index contributed by atoms with van der Waals surface area (Å²) in [5.74, 6) is -0.0429. The van der Waals surface area contributed by atoms with E-state index in [0.29, 0.717) is 12.8 Å². The number of benzene rings is 5. The van der Waals surface area contributed by atoms with Crippen molar-refractivity contribution in [2.75, 3.05) is 31.1 Å². The summed E-state index contributed by atoms with van der Waals surface area (Å²) in [4.78, 5) is 16.4. The van der Waals surface area contributed by atoms with Gasteiger partial charge in [-0.2, -0.15) is 4.58 Å². The Morgan fingerprint density at radius 3 is 2.46 bits per heavy atom. The molecule has 0 saturated carbocycles. The number of hydrogen-bond acceptors (Lipinski definition) is 4. The summed E-state index contributed by atoms with van der Waals surface area (Å²) in [5.41, 5.74) is 12.0. The molecule has 0 aromatic heterocycles. The van der Waals surface area contributed by atoms with Gasteiger partial charge in [-0.25, -0.2) is 0 Å². The van der Waals surface area contributed by atoms with Crippen molar-refractivity contribution >= 4 is 34.0 Å². The van der Waals surface area contributed by atoms with Gasteiger partial charge in [0.25, 0.3) is 0 Å². The number of para-hydroxylation sites is 2. The highest BCUT2D eigenvalue weighted by Crippen LogP contribution is 2.44. The van der Waals surface area contributed by atoms with Crippen molar-refractivity contribution in [1.29, 1.82) is 0 Å². The maximum absolute atomic E-state index is 11.6. The third-order valence-electron chi connectivity index (χ3n) is 10.7. The number of hydrogen-bond donors (Lipinski definition) is 1. The van der Waals surface area contributed by atoms with Crippen LogP contribution in [0.1, 0.15) is 29.5 Å². The molecule has 0 spiro atoms. The number of likely N-dealkylation sites (tertiary alicyclic amines) is 1. The molecule has 1 aliphatic carbocycles. The zero-order valence-electron chi connectivity index (χ0n) is 26.9. The Labute approximate surface area is 280 Å². The zero-order valence-corrected chi connectivity index (χ0v) is 26.9. The average molecular weight is 633 g/mol. The van der Waals surface area contributed by atoms with E-state index in [1.807, 2.05) is 0 Å². The van der Waals surface area contributed by atoms with Crippen LogP contribution in [0.25, 0.3) is 33.4 Å². The lowest BCUT2D eigenvalue weighted by Crippen LogP contribution is -2.35. The van der Waals surface area contributed by atoms with E-state index in [1.165, 1.54) is 39.2 Å². The Morgan fingerprint density at radius 2 is 1.58 bits per heavy atom. The van der Waals surface area contributed by atoms with Crippen LogP contribution in [-0.2, 0) is 24.2 Å². The minimum atomic E-state index is -0.672. The van der Waals surface area contributed by atoms with Crippen LogP contribution in [0.2, 0.25) is 0 Å². The molecular formula is C42H38N3O3+. The van der Waals surface area contributed by atoms with E-state index in [0.717, 1.165) is 78.9 Å². The van der Waals surface area contributed by atoms with Gasteiger partial charge in [-0.1, -0.05) is 60.7 Å². The second-order valence-corrected chi connectivity index (χ2v) is 13.4. The van der Waals surface area contributed by atoms with E-state index in [2.05, 4.69) is 124 Å². The van der Waals surface area contributed by atoms with Crippen molar-refractivity contribution in [3.05, 3.63) is 131 Å². The number of rotatable bonds is 5. The smallest absolute Gasteiger partial charge is 0.306 e. The molecule has 0 radical (unpaired) electrons. The summed E-state index contributed by atoms with van der Waals surface area (Å²) in [5, 5.41) is 11.8. The fourth-order valence-electron chi connectivity index (χ4n) is 8.19. The molecule has 1 N–H and O–H groups in total. The lowest BCUT2D eigenvalue weighted by Gasteiger charge is -2.31. The predicted molar refractivity (Wildman–Crippen MR) is 191 cm³/mol. The average Bonchev–Trinajstić information content (AvgIpc) is 3.76. The predicted octanol–water partition coefficient (Wildman–Crippen LogP) is 7.86. The summed E-state index contributed by atoms with van der Waals surface area (Å²) < 4.78 is 9.29. The highest BCUT2D eigenvalue weighted by Gasteiger charge is 2.28. The minimum Gasteiger partial charge on any atom is -0.481 e. The highest BCUT2D eigenvalue weighted by atomic mass is 16.4. The maximum atomic E-state index is 11.6. The van der Waals surface area contributed by atoms with Gasteiger partial charge in [0.15, 0.2) is 6.54 Å². The molecule has 1 fully saturated rings. The molecule has 238 valence electrons. The molecule has 4 aromatic carbocycles. The normalized spacial score (nSPS) is 17.6. The minimum absolute atomic E-state index is 0.242. The van der Waals surface area contributed by atoms with Gasteiger partial charge in [-0.3, -0.25) is 9.69 Å². The molecule has 0 unspecified atom stereocenters. The number of nitrogens with zero attached hydrogens (tertiary/aromatic N) is 3. The molecule has 6 heteroatoms. The number of carbonyl (C=O) groups is 1. The first kappa shape index (κ1) is 29.0. The summed E-state index contributed by atoms with van der Waals surface area (Å²) in [6.07, 6.45) is 3.45. The second kappa shape index (κ2) is 11.8. The number of aliphatic carboxylic acids is 1. The summed E-state index contributed by atoms with van der Waals surface area (Å²) in [6.45, 7) is 4.26. The molecule has 6 nitrogen and oxygen atoms in total. The first-order chi connectivity index (χ1) is 23.6.